The molecular formula is C16H24N2O4S. The summed E-state index contributed by atoms with van der Waals surface area (Å²) in [6.45, 7) is 5.44. The highest BCUT2D eigenvalue weighted by Gasteiger charge is 2.30. The van der Waals surface area contributed by atoms with E-state index in [1.165, 1.54) is 11.4 Å². The zero-order chi connectivity index (χ0) is 17.0. The molecule has 23 heavy (non-hydrogen) atoms. The fourth-order valence-electron chi connectivity index (χ4n) is 2.69. The van der Waals surface area contributed by atoms with Crippen molar-refractivity contribution in [2.45, 2.75) is 25.2 Å². The second kappa shape index (κ2) is 7.31. The van der Waals surface area contributed by atoms with E-state index in [0.717, 1.165) is 0 Å². The quantitative estimate of drug-likeness (QED) is 0.834. The molecule has 1 saturated heterocycles. The highest BCUT2D eigenvalue weighted by molar-refractivity contribution is 7.89. The Morgan fingerprint density at radius 3 is 2.48 bits per heavy atom. The second-order valence-corrected chi connectivity index (χ2v) is 7.79. The fraction of sp³-hybridized carbons (Fsp3) is 0.562. The third-order valence-electron chi connectivity index (χ3n) is 3.95. The molecule has 1 amide bonds. The second-order valence-electron chi connectivity index (χ2n) is 5.89. The number of rotatable bonds is 4. The van der Waals surface area contributed by atoms with Gasteiger partial charge >= 0.3 is 0 Å². The first-order valence-electron chi connectivity index (χ1n) is 7.80. The van der Waals surface area contributed by atoms with Crippen LogP contribution >= 0.6 is 0 Å². The highest BCUT2D eigenvalue weighted by atomic mass is 32.2. The van der Waals surface area contributed by atoms with E-state index >= 15 is 0 Å². The van der Waals surface area contributed by atoms with Crippen LogP contribution in [0.2, 0.25) is 0 Å². The van der Waals surface area contributed by atoms with Crippen molar-refractivity contribution in [3.05, 3.63) is 24.3 Å². The molecule has 1 aromatic carbocycles. The van der Waals surface area contributed by atoms with Crippen LogP contribution in [-0.2, 0) is 14.8 Å². The minimum atomic E-state index is -3.63. The van der Waals surface area contributed by atoms with Gasteiger partial charge in [-0.3, -0.25) is 4.79 Å². The summed E-state index contributed by atoms with van der Waals surface area (Å²) in [6.07, 6.45) is 0.632. The van der Waals surface area contributed by atoms with Crippen molar-refractivity contribution in [1.29, 1.82) is 0 Å². The van der Waals surface area contributed by atoms with Crippen molar-refractivity contribution in [2.75, 3.05) is 33.3 Å². The van der Waals surface area contributed by atoms with Gasteiger partial charge < -0.3 is 9.64 Å². The minimum absolute atomic E-state index is 0.0709. The van der Waals surface area contributed by atoms with E-state index in [4.69, 9.17) is 4.74 Å². The first-order valence-corrected chi connectivity index (χ1v) is 9.24. The number of hydrogen-bond acceptors (Lipinski definition) is 4. The summed E-state index contributed by atoms with van der Waals surface area (Å²) in [5.41, 5.74) is 0. The van der Waals surface area contributed by atoms with Crippen molar-refractivity contribution in [3.8, 4) is 5.75 Å². The first kappa shape index (κ1) is 17.7. The number of methoxy groups -OCH3 is 1. The van der Waals surface area contributed by atoms with Crippen LogP contribution in [0.3, 0.4) is 0 Å². The van der Waals surface area contributed by atoms with Gasteiger partial charge in [0.2, 0.25) is 15.9 Å². The number of hydrogen-bond donors (Lipinski definition) is 0. The average molecular weight is 340 g/mol. The maximum absolute atomic E-state index is 12.9. The van der Waals surface area contributed by atoms with E-state index in [2.05, 4.69) is 0 Å². The molecule has 0 saturated carbocycles. The third kappa shape index (κ3) is 3.84. The van der Waals surface area contributed by atoms with Crippen LogP contribution in [0.5, 0.6) is 5.75 Å². The van der Waals surface area contributed by atoms with Crippen LogP contribution in [-0.4, -0.2) is 56.8 Å². The molecule has 0 aromatic heterocycles. The van der Waals surface area contributed by atoms with Crippen molar-refractivity contribution in [3.63, 3.8) is 0 Å². The van der Waals surface area contributed by atoms with Gasteiger partial charge in [-0.05, 0) is 18.6 Å². The summed E-state index contributed by atoms with van der Waals surface area (Å²) in [6, 6.07) is 6.61. The predicted octanol–water partition coefficient (Wildman–Crippen LogP) is 1.57. The van der Waals surface area contributed by atoms with Crippen molar-refractivity contribution in [1.82, 2.24) is 9.21 Å². The molecule has 1 aromatic rings. The van der Waals surface area contributed by atoms with Crippen LogP contribution in [0.25, 0.3) is 0 Å². The minimum Gasteiger partial charge on any atom is -0.495 e. The van der Waals surface area contributed by atoms with Crippen LogP contribution in [0.4, 0.5) is 0 Å². The van der Waals surface area contributed by atoms with E-state index in [9.17, 15) is 13.2 Å². The molecule has 0 aliphatic carbocycles. The van der Waals surface area contributed by atoms with Gasteiger partial charge in [0.25, 0.3) is 0 Å². The van der Waals surface area contributed by atoms with Gasteiger partial charge in [0, 0.05) is 32.1 Å². The maximum atomic E-state index is 12.9. The van der Waals surface area contributed by atoms with E-state index in [-0.39, 0.29) is 16.7 Å². The Hall–Kier alpha value is -1.60. The van der Waals surface area contributed by atoms with Gasteiger partial charge in [0.1, 0.15) is 10.6 Å². The molecule has 1 aliphatic heterocycles. The number of carbonyl (C=O) groups excluding carboxylic acids is 1. The fourth-order valence-corrected chi connectivity index (χ4v) is 4.32. The molecule has 0 N–H and O–H groups in total. The Bertz CT molecular complexity index is 658. The monoisotopic (exact) mass is 340 g/mol. The number of benzene rings is 1. The molecule has 6 nitrogen and oxygen atoms in total. The molecular weight excluding hydrogens is 316 g/mol. The SMILES string of the molecule is COc1ccccc1S(=O)(=O)N1CCCN(C(=O)C(C)C)CC1. The highest BCUT2D eigenvalue weighted by Crippen LogP contribution is 2.27. The molecule has 0 bridgehead atoms. The van der Waals surface area contributed by atoms with Crippen molar-refractivity contribution in [2.24, 2.45) is 5.92 Å². The molecule has 0 unspecified atom stereocenters. The van der Waals surface area contributed by atoms with Gasteiger partial charge in [-0.25, -0.2) is 8.42 Å². The molecule has 0 spiro atoms. The van der Waals surface area contributed by atoms with Gasteiger partial charge in [0.15, 0.2) is 0 Å². The van der Waals surface area contributed by atoms with Gasteiger partial charge in [-0.2, -0.15) is 4.31 Å². The lowest BCUT2D eigenvalue weighted by Gasteiger charge is -2.23. The normalized spacial score (nSPS) is 17.1. The third-order valence-corrected chi connectivity index (χ3v) is 5.89. The van der Waals surface area contributed by atoms with Crippen LogP contribution < -0.4 is 4.74 Å². The number of carbonyl (C=O) groups is 1. The lowest BCUT2D eigenvalue weighted by molar-refractivity contribution is -0.134. The Morgan fingerprint density at radius 1 is 1.13 bits per heavy atom. The molecule has 1 heterocycles. The lowest BCUT2D eigenvalue weighted by Crippen LogP contribution is -2.39. The number of nitrogens with zero attached hydrogens (tertiary/aromatic N) is 2. The number of amides is 1. The van der Waals surface area contributed by atoms with Crippen LogP contribution in [0, 0.1) is 5.92 Å². The standard InChI is InChI=1S/C16H24N2O4S/c1-13(2)16(19)17-9-6-10-18(12-11-17)23(20,21)15-8-5-4-7-14(15)22-3/h4-5,7-8,13H,6,9-12H2,1-3H3. The molecule has 7 heteroatoms. The molecule has 0 radical (unpaired) electrons. The number of ether oxygens (including phenoxy) is 1. The van der Waals surface area contributed by atoms with Crippen LogP contribution in [0.1, 0.15) is 20.3 Å². The molecule has 1 fully saturated rings. The summed E-state index contributed by atoms with van der Waals surface area (Å²) in [5.74, 6) is 0.334. The van der Waals surface area contributed by atoms with Gasteiger partial charge in [-0.1, -0.05) is 26.0 Å². The predicted molar refractivity (Wildman–Crippen MR) is 87.8 cm³/mol. The summed E-state index contributed by atoms with van der Waals surface area (Å²) < 4.78 is 32.4. The van der Waals surface area contributed by atoms with Gasteiger partial charge in [0.05, 0.1) is 7.11 Å². The zero-order valence-corrected chi connectivity index (χ0v) is 14.7. The van der Waals surface area contributed by atoms with E-state index in [1.54, 1.807) is 29.2 Å². The Kier molecular flexibility index (Phi) is 5.64. The number of para-hydroxylation sites is 1. The summed E-state index contributed by atoms with van der Waals surface area (Å²) in [5, 5.41) is 0. The molecule has 0 atom stereocenters. The van der Waals surface area contributed by atoms with E-state index < -0.39 is 10.0 Å². The molecule has 1 aliphatic rings. The largest absolute Gasteiger partial charge is 0.495 e. The van der Waals surface area contributed by atoms with Gasteiger partial charge in [-0.15, -0.1) is 0 Å². The summed E-state index contributed by atoms with van der Waals surface area (Å²) >= 11 is 0. The lowest BCUT2D eigenvalue weighted by atomic mass is 10.2. The topological polar surface area (TPSA) is 66.9 Å². The van der Waals surface area contributed by atoms with E-state index in [1.807, 2.05) is 13.8 Å². The smallest absolute Gasteiger partial charge is 0.246 e. The Morgan fingerprint density at radius 2 is 1.83 bits per heavy atom. The maximum Gasteiger partial charge on any atom is 0.246 e. The van der Waals surface area contributed by atoms with Crippen molar-refractivity contribution >= 4 is 15.9 Å². The average Bonchev–Trinajstić information content (AvgIpc) is 2.80. The van der Waals surface area contributed by atoms with E-state index in [0.29, 0.717) is 38.3 Å². The summed E-state index contributed by atoms with van der Waals surface area (Å²) in [7, 11) is -2.17. The molecule has 128 valence electrons. The number of sulfonamides is 1. The van der Waals surface area contributed by atoms with Crippen LogP contribution in [0.15, 0.2) is 29.2 Å². The Balaban J connectivity index is 2.20. The first-order chi connectivity index (χ1) is 10.9. The zero-order valence-electron chi connectivity index (χ0n) is 13.9. The van der Waals surface area contributed by atoms with Crippen molar-refractivity contribution < 1.29 is 17.9 Å². The Labute approximate surface area is 138 Å². The summed E-state index contributed by atoms with van der Waals surface area (Å²) in [4.78, 5) is 14.0. The molecule has 2 rings (SSSR count).